The van der Waals surface area contributed by atoms with Gasteiger partial charge >= 0.3 is 6.09 Å². The Morgan fingerprint density at radius 2 is 1.76 bits per heavy atom. The van der Waals surface area contributed by atoms with Crippen LogP contribution < -0.4 is 5.73 Å². The summed E-state index contributed by atoms with van der Waals surface area (Å²) in [4.78, 5) is 25.6. The fourth-order valence-corrected chi connectivity index (χ4v) is 7.10. The topological polar surface area (TPSA) is 85.9 Å². The predicted molar refractivity (Wildman–Crippen MR) is 177 cm³/mol. The van der Waals surface area contributed by atoms with Gasteiger partial charge in [-0.05, 0) is 94.9 Å². The van der Waals surface area contributed by atoms with Crippen LogP contribution in [0.5, 0.6) is 0 Å². The standard InChI is InChI=1S/C33H47N5O2S2/c1-25-31(42-24-35-25)27-12-13-28(22-38(32(39)40)33(2,3)4)26(21-27)9-8-15-36-17-19-37(20-18-36)16-14-29(34)23-41-30-10-6-5-7-11-30/h5-7,10-13,21,24,29H,8-9,14-20,22-23,34H2,1-4H3,(H,39,40)/t29-/m1/s1. The molecule has 3 aromatic rings. The van der Waals surface area contributed by atoms with E-state index in [4.69, 9.17) is 5.73 Å². The van der Waals surface area contributed by atoms with Crippen LogP contribution in [0.3, 0.4) is 0 Å². The predicted octanol–water partition coefficient (Wildman–Crippen LogP) is 6.46. The Morgan fingerprint density at radius 3 is 2.38 bits per heavy atom. The average Bonchev–Trinajstić information content (AvgIpc) is 3.40. The van der Waals surface area contributed by atoms with E-state index in [0.717, 1.165) is 75.5 Å². The fraction of sp³-hybridized carbons (Fsp3) is 0.515. The van der Waals surface area contributed by atoms with Gasteiger partial charge in [0, 0.05) is 55.0 Å². The Kier molecular flexibility index (Phi) is 11.9. The summed E-state index contributed by atoms with van der Waals surface area (Å²) in [6.07, 6.45) is 2.11. The Bertz CT molecular complexity index is 1270. The maximum absolute atomic E-state index is 12.1. The van der Waals surface area contributed by atoms with Crippen molar-refractivity contribution in [1.82, 2.24) is 19.7 Å². The monoisotopic (exact) mass is 609 g/mol. The van der Waals surface area contributed by atoms with Crippen molar-refractivity contribution in [2.45, 2.75) is 70.0 Å². The zero-order valence-electron chi connectivity index (χ0n) is 25.6. The summed E-state index contributed by atoms with van der Waals surface area (Å²) >= 11 is 3.50. The molecule has 228 valence electrons. The van der Waals surface area contributed by atoms with E-state index in [-0.39, 0.29) is 6.04 Å². The molecule has 1 saturated heterocycles. The third kappa shape index (κ3) is 9.54. The van der Waals surface area contributed by atoms with Gasteiger partial charge in [-0.25, -0.2) is 9.78 Å². The number of thiazole rings is 1. The summed E-state index contributed by atoms with van der Waals surface area (Å²) in [6, 6.07) is 17.2. The van der Waals surface area contributed by atoms with E-state index in [2.05, 4.69) is 57.2 Å². The van der Waals surface area contributed by atoms with Crippen LogP contribution in [0.2, 0.25) is 0 Å². The molecule has 2 heterocycles. The van der Waals surface area contributed by atoms with Crippen molar-refractivity contribution in [3.8, 4) is 10.4 Å². The van der Waals surface area contributed by atoms with Crippen molar-refractivity contribution < 1.29 is 9.90 Å². The molecule has 1 aliphatic rings. The quantitative estimate of drug-likeness (QED) is 0.215. The van der Waals surface area contributed by atoms with Crippen LogP contribution in [0.4, 0.5) is 4.79 Å². The number of aryl methyl sites for hydroxylation is 2. The van der Waals surface area contributed by atoms with E-state index in [1.165, 1.54) is 25.8 Å². The highest BCUT2D eigenvalue weighted by atomic mass is 32.2. The van der Waals surface area contributed by atoms with Crippen molar-refractivity contribution in [3.05, 3.63) is 70.9 Å². The van der Waals surface area contributed by atoms with Crippen molar-refractivity contribution in [1.29, 1.82) is 0 Å². The van der Waals surface area contributed by atoms with E-state index in [9.17, 15) is 9.90 Å². The van der Waals surface area contributed by atoms with Crippen LogP contribution in [0, 0.1) is 6.92 Å². The average molecular weight is 610 g/mol. The van der Waals surface area contributed by atoms with Gasteiger partial charge in [-0.15, -0.1) is 23.1 Å². The lowest BCUT2D eigenvalue weighted by molar-refractivity contribution is 0.0953. The first kappa shape index (κ1) is 32.5. The minimum absolute atomic E-state index is 0.210. The summed E-state index contributed by atoms with van der Waals surface area (Å²) in [5, 5.41) is 9.91. The Labute approximate surface area is 260 Å². The third-order valence-corrected chi connectivity index (χ3v) is 10.2. The summed E-state index contributed by atoms with van der Waals surface area (Å²) in [7, 11) is 0. The van der Waals surface area contributed by atoms with Gasteiger partial charge in [0.15, 0.2) is 0 Å². The molecular formula is C33H47N5O2S2. The molecule has 3 N–H and O–H groups in total. The van der Waals surface area contributed by atoms with E-state index in [0.29, 0.717) is 6.54 Å². The van der Waals surface area contributed by atoms with Crippen molar-refractivity contribution in [2.24, 2.45) is 5.73 Å². The number of benzene rings is 2. The Morgan fingerprint density at radius 1 is 1.07 bits per heavy atom. The fourth-order valence-electron chi connectivity index (χ4n) is 5.38. The van der Waals surface area contributed by atoms with Crippen LogP contribution in [0.25, 0.3) is 10.4 Å². The highest BCUT2D eigenvalue weighted by molar-refractivity contribution is 7.99. The number of carbonyl (C=O) groups is 1. The summed E-state index contributed by atoms with van der Waals surface area (Å²) < 4.78 is 0. The van der Waals surface area contributed by atoms with Gasteiger partial charge in [-0.1, -0.05) is 30.3 Å². The molecule has 0 saturated carbocycles. The lowest BCUT2D eigenvalue weighted by atomic mass is 9.96. The molecule has 0 bridgehead atoms. The van der Waals surface area contributed by atoms with Crippen molar-refractivity contribution in [2.75, 3.05) is 45.0 Å². The summed E-state index contributed by atoms with van der Waals surface area (Å²) in [5.74, 6) is 0.954. The second-order valence-electron chi connectivity index (χ2n) is 12.2. The normalized spacial score (nSPS) is 15.5. The first-order valence-electron chi connectivity index (χ1n) is 15.0. The van der Waals surface area contributed by atoms with Gasteiger partial charge in [-0.3, -0.25) is 4.90 Å². The SMILES string of the molecule is Cc1ncsc1-c1ccc(CN(C(=O)O)C(C)(C)C)c(CCCN2CCN(CC[C@@H](N)CSc3ccccc3)CC2)c1. The maximum atomic E-state index is 12.1. The molecule has 42 heavy (non-hydrogen) atoms. The van der Waals surface area contributed by atoms with Gasteiger partial charge in [0.05, 0.1) is 16.1 Å². The molecule has 0 radical (unpaired) electrons. The number of carboxylic acid groups (broad SMARTS) is 1. The number of hydrogen-bond acceptors (Lipinski definition) is 7. The van der Waals surface area contributed by atoms with Gasteiger partial charge < -0.3 is 20.6 Å². The van der Waals surface area contributed by atoms with Crippen LogP contribution in [-0.2, 0) is 13.0 Å². The highest BCUT2D eigenvalue weighted by Gasteiger charge is 2.27. The number of nitrogens with zero attached hydrogens (tertiary/aromatic N) is 4. The Balaban J connectivity index is 1.28. The van der Waals surface area contributed by atoms with Gasteiger partial charge in [0.2, 0.25) is 0 Å². The van der Waals surface area contributed by atoms with Gasteiger partial charge in [-0.2, -0.15) is 0 Å². The van der Waals surface area contributed by atoms with Crippen LogP contribution in [0.1, 0.15) is 50.4 Å². The Hall–Kier alpha value is -2.43. The minimum Gasteiger partial charge on any atom is -0.465 e. The van der Waals surface area contributed by atoms with Crippen LogP contribution in [-0.4, -0.2) is 87.5 Å². The van der Waals surface area contributed by atoms with Crippen molar-refractivity contribution in [3.63, 3.8) is 0 Å². The van der Waals surface area contributed by atoms with Gasteiger partial charge in [0.1, 0.15) is 0 Å². The first-order chi connectivity index (χ1) is 20.1. The lowest BCUT2D eigenvalue weighted by Crippen LogP contribution is -2.47. The molecule has 1 amide bonds. The van der Waals surface area contributed by atoms with Gasteiger partial charge in [0.25, 0.3) is 0 Å². The molecule has 1 fully saturated rings. The molecule has 0 unspecified atom stereocenters. The molecule has 0 spiro atoms. The second kappa shape index (κ2) is 15.3. The number of aromatic nitrogens is 1. The zero-order chi connectivity index (χ0) is 30.1. The lowest BCUT2D eigenvalue weighted by Gasteiger charge is -2.35. The minimum atomic E-state index is -0.885. The van der Waals surface area contributed by atoms with Crippen LogP contribution >= 0.6 is 23.1 Å². The number of nitrogens with two attached hydrogens (primary N) is 1. The maximum Gasteiger partial charge on any atom is 0.408 e. The molecule has 1 aromatic heterocycles. The molecular weight excluding hydrogens is 563 g/mol. The third-order valence-electron chi connectivity index (χ3n) is 7.99. The summed E-state index contributed by atoms with van der Waals surface area (Å²) in [5.41, 5.74) is 12.4. The molecule has 7 nitrogen and oxygen atoms in total. The molecule has 9 heteroatoms. The van der Waals surface area contributed by atoms with E-state index in [1.54, 1.807) is 11.3 Å². The number of piperazine rings is 1. The van der Waals surface area contributed by atoms with Crippen LogP contribution in [0.15, 0.2) is 58.9 Å². The van der Waals surface area contributed by atoms with E-state index < -0.39 is 11.6 Å². The van der Waals surface area contributed by atoms with E-state index in [1.807, 2.05) is 51.0 Å². The number of rotatable bonds is 13. The smallest absolute Gasteiger partial charge is 0.408 e. The molecule has 0 aliphatic carbocycles. The molecule has 1 aliphatic heterocycles. The van der Waals surface area contributed by atoms with Crippen molar-refractivity contribution >= 4 is 29.2 Å². The largest absolute Gasteiger partial charge is 0.465 e. The second-order valence-corrected chi connectivity index (χ2v) is 14.2. The zero-order valence-corrected chi connectivity index (χ0v) is 27.2. The summed E-state index contributed by atoms with van der Waals surface area (Å²) in [6.45, 7) is 14.7. The molecule has 1 atom stereocenters. The highest BCUT2D eigenvalue weighted by Crippen LogP contribution is 2.31. The van der Waals surface area contributed by atoms with E-state index >= 15 is 0 Å². The number of hydrogen-bond donors (Lipinski definition) is 2. The number of amides is 1. The first-order valence-corrected chi connectivity index (χ1v) is 16.9. The molecule has 4 rings (SSSR count). The molecule has 2 aromatic carbocycles. The number of thioether (sulfide) groups is 1.